The van der Waals surface area contributed by atoms with Crippen LogP contribution in [0.2, 0.25) is 0 Å². The molecular formula is C15H30N2O. The summed E-state index contributed by atoms with van der Waals surface area (Å²) in [6.45, 7) is 8.47. The largest absolute Gasteiger partial charge is 0.377 e. The van der Waals surface area contributed by atoms with Crippen LogP contribution in [0.5, 0.6) is 0 Å². The van der Waals surface area contributed by atoms with Crippen molar-refractivity contribution < 1.29 is 4.74 Å². The second-order valence-corrected chi connectivity index (χ2v) is 6.38. The molecule has 2 rings (SSSR count). The molecule has 0 aromatic heterocycles. The zero-order valence-electron chi connectivity index (χ0n) is 12.2. The average Bonchev–Trinajstić information content (AvgIpc) is 2.83. The molecule has 1 saturated heterocycles. The summed E-state index contributed by atoms with van der Waals surface area (Å²) in [5, 5.41) is 0. The zero-order chi connectivity index (χ0) is 13.0. The monoisotopic (exact) mass is 254 g/mol. The maximum atomic E-state index is 6.10. The topological polar surface area (TPSA) is 38.5 Å². The van der Waals surface area contributed by atoms with E-state index in [-0.39, 0.29) is 5.54 Å². The van der Waals surface area contributed by atoms with Gasteiger partial charge in [0.05, 0.1) is 6.10 Å². The second-order valence-electron chi connectivity index (χ2n) is 6.38. The van der Waals surface area contributed by atoms with E-state index in [1.54, 1.807) is 0 Å². The molecule has 1 heterocycles. The van der Waals surface area contributed by atoms with Crippen LogP contribution in [0, 0.1) is 5.92 Å². The van der Waals surface area contributed by atoms with Crippen LogP contribution in [-0.2, 0) is 4.74 Å². The molecule has 3 heteroatoms. The van der Waals surface area contributed by atoms with Crippen LogP contribution in [0.3, 0.4) is 0 Å². The van der Waals surface area contributed by atoms with E-state index >= 15 is 0 Å². The van der Waals surface area contributed by atoms with E-state index in [9.17, 15) is 0 Å². The third-order valence-electron chi connectivity index (χ3n) is 4.99. The molecule has 106 valence electrons. The quantitative estimate of drug-likeness (QED) is 0.758. The number of likely N-dealkylation sites (N-methyl/N-ethyl adjacent to an activating group) is 1. The zero-order valence-corrected chi connectivity index (χ0v) is 12.2. The summed E-state index contributed by atoms with van der Waals surface area (Å²) in [4.78, 5) is 2.57. The fraction of sp³-hybridized carbons (Fsp3) is 1.00. The van der Waals surface area contributed by atoms with E-state index < -0.39 is 0 Å². The van der Waals surface area contributed by atoms with Gasteiger partial charge in [-0.2, -0.15) is 0 Å². The fourth-order valence-corrected chi connectivity index (χ4v) is 3.43. The van der Waals surface area contributed by atoms with Crippen molar-refractivity contribution in [3.8, 4) is 0 Å². The third-order valence-corrected chi connectivity index (χ3v) is 4.99. The Morgan fingerprint density at radius 1 is 1.28 bits per heavy atom. The number of hydrogen-bond donors (Lipinski definition) is 1. The number of nitrogens with two attached hydrogens (primary N) is 1. The van der Waals surface area contributed by atoms with Crippen molar-refractivity contribution in [2.45, 2.75) is 64.0 Å². The van der Waals surface area contributed by atoms with Crippen molar-refractivity contribution in [3.05, 3.63) is 0 Å². The highest BCUT2D eigenvalue weighted by Gasteiger charge is 2.35. The van der Waals surface area contributed by atoms with Gasteiger partial charge in [-0.3, -0.25) is 4.90 Å². The molecule has 1 aliphatic carbocycles. The van der Waals surface area contributed by atoms with E-state index in [1.807, 2.05) is 0 Å². The summed E-state index contributed by atoms with van der Waals surface area (Å²) in [5.41, 5.74) is 6.27. The Balaban J connectivity index is 1.92. The van der Waals surface area contributed by atoms with Crippen LogP contribution in [0.25, 0.3) is 0 Å². The molecule has 2 unspecified atom stereocenters. The summed E-state index contributed by atoms with van der Waals surface area (Å²) in [6, 6.07) is 0. The molecule has 1 saturated carbocycles. The van der Waals surface area contributed by atoms with Crippen molar-refractivity contribution in [2.75, 3.05) is 26.2 Å². The Hall–Kier alpha value is -0.120. The summed E-state index contributed by atoms with van der Waals surface area (Å²) in [7, 11) is 0. The fourth-order valence-electron chi connectivity index (χ4n) is 3.43. The van der Waals surface area contributed by atoms with E-state index in [1.165, 1.54) is 38.5 Å². The van der Waals surface area contributed by atoms with Crippen molar-refractivity contribution in [1.82, 2.24) is 4.90 Å². The first-order valence-corrected chi connectivity index (χ1v) is 7.74. The van der Waals surface area contributed by atoms with E-state index in [2.05, 4.69) is 18.7 Å². The van der Waals surface area contributed by atoms with Crippen molar-refractivity contribution in [2.24, 2.45) is 11.7 Å². The first-order chi connectivity index (χ1) is 8.68. The van der Waals surface area contributed by atoms with Crippen LogP contribution in [0.15, 0.2) is 0 Å². The molecule has 2 aliphatic rings. The predicted octanol–water partition coefficient (Wildman–Crippen LogP) is 2.39. The first-order valence-electron chi connectivity index (χ1n) is 7.74. The van der Waals surface area contributed by atoms with Crippen molar-refractivity contribution in [1.29, 1.82) is 0 Å². The molecule has 2 fully saturated rings. The molecule has 0 bridgehead atoms. The van der Waals surface area contributed by atoms with Crippen molar-refractivity contribution in [3.63, 3.8) is 0 Å². The van der Waals surface area contributed by atoms with E-state index in [0.717, 1.165) is 32.2 Å². The molecule has 3 nitrogen and oxygen atoms in total. The van der Waals surface area contributed by atoms with Gasteiger partial charge in [0.15, 0.2) is 0 Å². The highest BCUT2D eigenvalue weighted by atomic mass is 16.5. The van der Waals surface area contributed by atoms with Crippen LogP contribution < -0.4 is 5.73 Å². The maximum absolute atomic E-state index is 6.10. The second kappa shape index (κ2) is 6.36. The van der Waals surface area contributed by atoms with Gasteiger partial charge in [-0.25, -0.2) is 0 Å². The Kier molecular flexibility index (Phi) is 5.05. The van der Waals surface area contributed by atoms with Crippen LogP contribution in [0.1, 0.15) is 52.4 Å². The molecule has 0 radical (unpaired) electrons. The van der Waals surface area contributed by atoms with Gasteiger partial charge < -0.3 is 10.5 Å². The highest BCUT2D eigenvalue weighted by Crippen LogP contribution is 2.36. The predicted molar refractivity (Wildman–Crippen MR) is 75.6 cm³/mol. The molecule has 2 atom stereocenters. The Bertz CT molecular complexity index is 249. The number of hydrogen-bond acceptors (Lipinski definition) is 3. The van der Waals surface area contributed by atoms with Gasteiger partial charge in [-0.05, 0) is 38.6 Å². The minimum Gasteiger partial charge on any atom is -0.377 e. The van der Waals surface area contributed by atoms with E-state index in [0.29, 0.717) is 6.10 Å². The lowest BCUT2D eigenvalue weighted by molar-refractivity contribution is 0.0149. The van der Waals surface area contributed by atoms with Crippen LogP contribution in [-0.4, -0.2) is 42.8 Å². The maximum Gasteiger partial charge on any atom is 0.0703 e. The lowest BCUT2D eigenvalue weighted by atomic mass is 9.76. The molecule has 1 aliphatic heterocycles. The number of rotatable bonds is 7. The number of ether oxygens (including phenoxy) is 1. The summed E-state index contributed by atoms with van der Waals surface area (Å²) < 4.78 is 5.79. The van der Waals surface area contributed by atoms with Crippen molar-refractivity contribution >= 4 is 0 Å². The van der Waals surface area contributed by atoms with Gasteiger partial charge in [-0.1, -0.05) is 26.2 Å². The van der Waals surface area contributed by atoms with Gasteiger partial charge >= 0.3 is 0 Å². The molecule has 0 aromatic rings. The summed E-state index contributed by atoms with van der Waals surface area (Å²) in [5.74, 6) is 0.914. The number of nitrogens with zero attached hydrogens (tertiary/aromatic N) is 1. The lowest BCUT2D eigenvalue weighted by Gasteiger charge is -2.45. The first kappa shape index (κ1) is 14.3. The molecule has 18 heavy (non-hydrogen) atoms. The van der Waals surface area contributed by atoms with Gasteiger partial charge in [0.1, 0.15) is 0 Å². The SMILES string of the molecule is CCN(CC1CCCO1)C(C)(CN)CC1CCC1. The van der Waals surface area contributed by atoms with Crippen LogP contribution in [0.4, 0.5) is 0 Å². The molecular weight excluding hydrogens is 224 g/mol. The van der Waals surface area contributed by atoms with Crippen LogP contribution >= 0.6 is 0 Å². The highest BCUT2D eigenvalue weighted by molar-refractivity contribution is 4.92. The molecule has 0 amide bonds. The Morgan fingerprint density at radius 3 is 2.50 bits per heavy atom. The minimum absolute atomic E-state index is 0.172. The molecule has 0 spiro atoms. The van der Waals surface area contributed by atoms with Gasteiger partial charge in [-0.15, -0.1) is 0 Å². The van der Waals surface area contributed by atoms with Gasteiger partial charge in [0.2, 0.25) is 0 Å². The Labute approximate surface area is 112 Å². The Morgan fingerprint density at radius 2 is 2.06 bits per heavy atom. The van der Waals surface area contributed by atoms with Gasteiger partial charge in [0, 0.05) is 25.2 Å². The summed E-state index contributed by atoms with van der Waals surface area (Å²) >= 11 is 0. The molecule has 2 N–H and O–H groups in total. The molecule has 0 aromatic carbocycles. The summed E-state index contributed by atoms with van der Waals surface area (Å²) in [6.07, 6.45) is 8.40. The average molecular weight is 254 g/mol. The van der Waals surface area contributed by atoms with E-state index in [4.69, 9.17) is 10.5 Å². The third kappa shape index (κ3) is 3.25. The normalized spacial score (nSPS) is 28.3. The standard InChI is InChI=1S/C15H30N2O/c1-3-17(11-14-8-5-9-18-14)15(2,12-16)10-13-6-4-7-13/h13-14H,3-12,16H2,1-2H3. The minimum atomic E-state index is 0.172. The van der Waals surface area contributed by atoms with Gasteiger partial charge in [0.25, 0.3) is 0 Å². The lowest BCUT2D eigenvalue weighted by Crippen LogP contribution is -2.55. The smallest absolute Gasteiger partial charge is 0.0703 e.